The molecule has 0 radical (unpaired) electrons. The lowest BCUT2D eigenvalue weighted by Crippen LogP contribution is -2.38. The predicted molar refractivity (Wildman–Crippen MR) is 108 cm³/mol. The van der Waals surface area contributed by atoms with Gasteiger partial charge in [-0.2, -0.15) is 0 Å². The molecule has 1 amide bonds. The normalized spacial score (nSPS) is 17.8. The molecule has 1 saturated heterocycles. The van der Waals surface area contributed by atoms with E-state index in [1.165, 1.54) is 0 Å². The van der Waals surface area contributed by atoms with Gasteiger partial charge in [-0.05, 0) is 32.9 Å². The van der Waals surface area contributed by atoms with Gasteiger partial charge in [0.05, 0.1) is 11.8 Å². The minimum Gasteiger partial charge on any atom is -0.458 e. The summed E-state index contributed by atoms with van der Waals surface area (Å²) < 4.78 is 11.2. The molecule has 1 aromatic heterocycles. The lowest BCUT2D eigenvalue weighted by molar-refractivity contribution is -0.147. The number of carbonyl (C=O) groups is 2. The van der Waals surface area contributed by atoms with Crippen molar-refractivity contribution in [1.82, 2.24) is 10.3 Å². The summed E-state index contributed by atoms with van der Waals surface area (Å²) in [5, 5.41) is 2.77. The molecular formula is C23H22N2O4. The van der Waals surface area contributed by atoms with Crippen LogP contribution in [0.5, 0.6) is 0 Å². The highest BCUT2D eigenvalue weighted by molar-refractivity contribution is 6.02. The Kier molecular flexibility index (Phi) is 4.70. The van der Waals surface area contributed by atoms with E-state index in [0.29, 0.717) is 29.2 Å². The summed E-state index contributed by atoms with van der Waals surface area (Å²) >= 11 is 0. The molecule has 148 valence electrons. The molecular weight excluding hydrogens is 368 g/mol. The zero-order chi connectivity index (χ0) is 20.6. The van der Waals surface area contributed by atoms with Crippen molar-refractivity contribution in [2.75, 3.05) is 0 Å². The third-order valence-corrected chi connectivity index (χ3v) is 4.91. The Morgan fingerprint density at radius 2 is 1.86 bits per heavy atom. The number of esters is 1. The maximum Gasteiger partial charge on any atom is 0.329 e. The first-order valence-electron chi connectivity index (χ1n) is 9.48. The molecule has 1 atom stereocenters. The van der Waals surface area contributed by atoms with Crippen LogP contribution in [-0.4, -0.2) is 28.5 Å². The Balaban J connectivity index is 1.60. The molecule has 1 aliphatic rings. The number of hydrogen-bond acceptors (Lipinski definition) is 5. The molecule has 29 heavy (non-hydrogen) atoms. The second-order valence-electron chi connectivity index (χ2n) is 7.85. The van der Waals surface area contributed by atoms with Gasteiger partial charge < -0.3 is 14.5 Å². The van der Waals surface area contributed by atoms with Crippen molar-refractivity contribution in [2.45, 2.75) is 38.8 Å². The van der Waals surface area contributed by atoms with Crippen molar-refractivity contribution >= 4 is 11.9 Å². The number of aryl methyl sites for hydroxylation is 1. The molecule has 0 saturated carbocycles. The highest BCUT2D eigenvalue weighted by Crippen LogP contribution is 2.29. The first-order chi connectivity index (χ1) is 13.8. The zero-order valence-electron chi connectivity index (χ0n) is 16.6. The molecule has 0 bridgehead atoms. The number of ether oxygens (including phenoxy) is 1. The van der Waals surface area contributed by atoms with Gasteiger partial charge >= 0.3 is 5.97 Å². The van der Waals surface area contributed by atoms with Crippen LogP contribution in [0.15, 0.2) is 59.1 Å². The van der Waals surface area contributed by atoms with Crippen LogP contribution in [0, 0.1) is 6.92 Å². The second-order valence-corrected chi connectivity index (χ2v) is 7.85. The molecule has 0 aliphatic carbocycles. The summed E-state index contributed by atoms with van der Waals surface area (Å²) in [6.07, 6.45) is 2.07. The van der Waals surface area contributed by atoms with Gasteiger partial charge in [0.2, 0.25) is 5.89 Å². The van der Waals surface area contributed by atoms with Crippen molar-refractivity contribution in [1.29, 1.82) is 0 Å². The number of cyclic esters (lactones) is 1. The number of amides is 1. The number of aromatic nitrogens is 1. The Bertz CT molecular complexity index is 1070. The lowest BCUT2D eigenvalue weighted by atomic mass is 10.0. The minimum absolute atomic E-state index is 0.348. The molecule has 6 nitrogen and oxygen atoms in total. The Morgan fingerprint density at radius 3 is 2.55 bits per heavy atom. The van der Waals surface area contributed by atoms with E-state index < -0.39 is 17.6 Å². The standard InChI is InChI=1S/C23H22N2O4/c1-14-8-10-15(11-9-14)19-13-24-21(28-19)17-7-5-4-6-16(17)20(26)25-18-12-23(2,3)29-22(18)27/h4-11,13,18H,12H2,1-3H3,(H,25,26). The quantitative estimate of drug-likeness (QED) is 0.677. The van der Waals surface area contributed by atoms with Crippen LogP contribution in [-0.2, 0) is 9.53 Å². The van der Waals surface area contributed by atoms with Crippen molar-refractivity contribution in [3.8, 4) is 22.8 Å². The highest BCUT2D eigenvalue weighted by Gasteiger charge is 2.41. The van der Waals surface area contributed by atoms with Crippen LogP contribution in [0.2, 0.25) is 0 Å². The molecule has 2 heterocycles. The van der Waals surface area contributed by atoms with E-state index in [1.807, 2.05) is 51.1 Å². The predicted octanol–water partition coefficient (Wildman–Crippen LogP) is 4.14. The first-order valence-corrected chi connectivity index (χ1v) is 9.48. The van der Waals surface area contributed by atoms with Crippen LogP contribution >= 0.6 is 0 Å². The number of rotatable bonds is 4. The van der Waals surface area contributed by atoms with Gasteiger partial charge in [0.1, 0.15) is 11.6 Å². The minimum atomic E-state index is -0.668. The lowest BCUT2D eigenvalue weighted by Gasteiger charge is -2.14. The van der Waals surface area contributed by atoms with E-state index in [4.69, 9.17) is 9.15 Å². The van der Waals surface area contributed by atoms with Crippen LogP contribution in [0.3, 0.4) is 0 Å². The summed E-state index contributed by atoms with van der Waals surface area (Å²) in [4.78, 5) is 29.3. The summed E-state index contributed by atoms with van der Waals surface area (Å²) in [7, 11) is 0. The number of nitrogens with one attached hydrogen (secondary N) is 1. The largest absolute Gasteiger partial charge is 0.458 e. The zero-order valence-corrected chi connectivity index (χ0v) is 16.6. The van der Waals surface area contributed by atoms with Crippen LogP contribution in [0.25, 0.3) is 22.8 Å². The van der Waals surface area contributed by atoms with Crippen molar-refractivity contribution in [2.24, 2.45) is 0 Å². The van der Waals surface area contributed by atoms with E-state index in [0.717, 1.165) is 11.1 Å². The van der Waals surface area contributed by atoms with Gasteiger partial charge in [0, 0.05) is 17.5 Å². The summed E-state index contributed by atoms with van der Waals surface area (Å²) in [6, 6.07) is 14.3. The fourth-order valence-electron chi connectivity index (χ4n) is 3.42. The van der Waals surface area contributed by atoms with Gasteiger partial charge in [0.25, 0.3) is 5.91 Å². The average molecular weight is 390 g/mol. The molecule has 3 aromatic rings. The molecule has 4 rings (SSSR count). The second kappa shape index (κ2) is 7.20. The molecule has 1 aliphatic heterocycles. The number of carbonyl (C=O) groups excluding carboxylic acids is 2. The average Bonchev–Trinajstić information content (AvgIpc) is 3.26. The van der Waals surface area contributed by atoms with Gasteiger partial charge in [-0.1, -0.05) is 42.0 Å². The third kappa shape index (κ3) is 3.92. The van der Waals surface area contributed by atoms with Crippen LogP contribution in [0.1, 0.15) is 36.2 Å². The number of nitrogens with zero attached hydrogens (tertiary/aromatic N) is 1. The molecule has 1 unspecified atom stereocenters. The fraction of sp³-hybridized carbons (Fsp3) is 0.261. The Labute approximate surface area is 168 Å². The van der Waals surface area contributed by atoms with Gasteiger partial charge in [0.15, 0.2) is 5.76 Å². The number of benzene rings is 2. The molecule has 6 heteroatoms. The van der Waals surface area contributed by atoms with Gasteiger partial charge in [-0.25, -0.2) is 9.78 Å². The molecule has 0 spiro atoms. The van der Waals surface area contributed by atoms with E-state index >= 15 is 0 Å². The monoisotopic (exact) mass is 390 g/mol. The fourth-order valence-corrected chi connectivity index (χ4v) is 3.42. The van der Waals surface area contributed by atoms with Gasteiger partial charge in [-0.3, -0.25) is 4.79 Å². The van der Waals surface area contributed by atoms with E-state index in [-0.39, 0.29) is 5.91 Å². The summed E-state index contributed by atoms with van der Waals surface area (Å²) in [5.74, 6) is 0.186. The van der Waals surface area contributed by atoms with E-state index in [2.05, 4.69) is 10.3 Å². The topological polar surface area (TPSA) is 81.4 Å². The smallest absolute Gasteiger partial charge is 0.329 e. The van der Waals surface area contributed by atoms with E-state index in [9.17, 15) is 9.59 Å². The van der Waals surface area contributed by atoms with Crippen LogP contribution in [0.4, 0.5) is 0 Å². The Morgan fingerprint density at radius 1 is 1.14 bits per heavy atom. The van der Waals surface area contributed by atoms with Crippen molar-refractivity contribution in [3.05, 3.63) is 65.9 Å². The summed E-state index contributed by atoms with van der Waals surface area (Å²) in [6.45, 7) is 5.67. The molecule has 1 N–H and O–H groups in total. The summed E-state index contributed by atoms with van der Waals surface area (Å²) in [5.41, 5.74) is 2.44. The highest BCUT2D eigenvalue weighted by atomic mass is 16.6. The SMILES string of the molecule is Cc1ccc(-c2cnc(-c3ccccc3C(=O)NC3CC(C)(C)OC3=O)o2)cc1. The molecule has 1 fully saturated rings. The van der Waals surface area contributed by atoms with Crippen molar-refractivity contribution < 1.29 is 18.7 Å². The maximum absolute atomic E-state index is 12.9. The van der Waals surface area contributed by atoms with E-state index in [1.54, 1.807) is 24.4 Å². The maximum atomic E-state index is 12.9. The first kappa shape index (κ1) is 18.9. The number of hydrogen-bond donors (Lipinski definition) is 1. The third-order valence-electron chi connectivity index (χ3n) is 4.91. The molecule has 2 aromatic carbocycles. The Hall–Kier alpha value is -3.41. The van der Waals surface area contributed by atoms with Gasteiger partial charge in [-0.15, -0.1) is 0 Å². The van der Waals surface area contributed by atoms with Crippen LogP contribution < -0.4 is 5.32 Å². The van der Waals surface area contributed by atoms with Crippen molar-refractivity contribution in [3.63, 3.8) is 0 Å². The number of oxazole rings is 1.